The van der Waals surface area contributed by atoms with Crippen molar-refractivity contribution in [1.82, 2.24) is 9.97 Å². The summed E-state index contributed by atoms with van der Waals surface area (Å²) in [4.78, 5) is 18.8. The zero-order valence-electron chi connectivity index (χ0n) is 12.9. The molecule has 1 aromatic heterocycles. The molecule has 1 N–H and O–H groups in total. The largest absolute Gasteiger partial charge is 0.476 e. The highest BCUT2D eigenvalue weighted by Crippen LogP contribution is 2.31. The molecule has 0 radical (unpaired) electrons. The van der Waals surface area contributed by atoms with Crippen LogP contribution in [0.2, 0.25) is 0 Å². The summed E-state index contributed by atoms with van der Waals surface area (Å²) in [7, 11) is 1.36. The molecule has 0 fully saturated rings. The molecule has 21 heavy (non-hydrogen) atoms. The highest BCUT2D eigenvalue weighted by Gasteiger charge is 2.25. The fraction of sp³-hybridized carbons (Fsp3) is 0.692. The van der Waals surface area contributed by atoms with Crippen LogP contribution in [-0.2, 0) is 11.2 Å². The first-order valence-corrected chi connectivity index (χ1v) is 6.94. The van der Waals surface area contributed by atoms with E-state index in [1.165, 1.54) is 7.11 Å². The third kappa shape index (κ3) is 5.14. The third-order valence-electron chi connectivity index (χ3n) is 2.66. The monoisotopic (exact) mass is 298 g/mol. The second-order valence-corrected chi connectivity index (χ2v) is 4.66. The van der Waals surface area contributed by atoms with E-state index in [4.69, 9.17) is 9.47 Å². The molecule has 0 aliphatic carbocycles. The lowest BCUT2D eigenvalue weighted by Crippen LogP contribution is -2.13. The average molecular weight is 298 g/mol. The van der Waals surface area contributed by atoms with Crippen LogP contribution in [0.1, 0.15) is 33.0 Å². The van der Waals surface area contributed by atoms with Gasteiger partial charge in [0.2, 0.25) is 5.82 Å². The zero-order valence-corrected chi connectivity index (χ0v) is 12.9. The van der Waals surface area contributed by atoms with Crippen molar-refractivity contribution < 1.29 is 14.4 Å². The van der Waals surface area contributed by atoms with Gasteiger partial charge >= 0.3 is 5.69 Å². The van der Waals surface area contributed by atoms with Gasteiger partial charge in [-0.1, -0.05) is 6.92 Å². The molecule has 8 heteroatoms. The summed E-state index contributed by atoms with van der Waals surface area (Å²) >= 11 is 0. The number of hydrogen-bond acceptors (Lipinski definition) is 7. The van der Waals surface area contributed by atoms with Crippen LogP contribution >= 0.6 is 0 Å². The van der Waals surface area contributed by atoms with Crippen LogP contribution in [0.4, 0.5) is 11.5 Å². The fourth-order valence-corrected chi connectivity index (χ4v) is 1.66. The molecular formula is C13H22N4O4. The van der Waals surface area contributed by atoms with Crippen molar-refractivity contribution in [2.24, 2.45) is 0 Å². The van der Waals surface area contributed by atoms with Crippen molar-refractivity contribution >= 4 is 11.5 Å². The average Bonchev–Trinajstić information content (AvgIpc) is 2.45. The number of aromatic nitrogens is 2. The summed E-state index contributed by atoms with van der Waals surface area (Å²) < 4.78 is 10.4. The van der Waals surface area contributed by atoms with Gasteiger partial charge in [-0.2, -0.15) is 4.98 Å². The maximum absolute atomic E-state index is 11.2. The molecule has 0 aliphatic heterocycles. The second kappa shape index (κ2) is 8.35. The Morgan fingerprint density at radius 3 is 2.62 bits per heavy atom. The van der Waals surface area contributed by atoms with E-state index in [2.05, 4.69) is 15.3 Å². The van der Waals surface area contributed by atoms with Crippen molar-refractivity contribution in [3.8, 4) is 5.88 Å². The number of rotatable bonds is 9. The Bertz CT molecular complexity index is 479. The fourth-order valence-electron chi connectivity index (χ4n) is 1.66. The van der Waals surface area contributed by atoms with Crippen molar-refractivity contribution in [1.29, 1.82) is 0 Å². The molecule has 0 atom stereocenters. The minimum atomic E-state index is -0.536. The molecule has 8 nitrogen and oxygen atoms in total. The lowest BCUT2D eigenvalue weighted by atomic mass is 10.3. The van der Waals surface area contributed by atoms with Crippen LogP contribution in [0.15, 0.2) is 0 Å². The Labute approximate surface area is 124 Å². The molecule has 1 heterocycles. The Kier molecular flexibility index (Phi) is 6.80. The number of nitrogens with zero attached hydrogens (tertiary/aromatic N) is 3. The van der Waals surface area contributed by atoms with Gasteiger partial charge in [-0.05, 0) is 20.3 Å². The van der Waals surface area contributed by atoms with Gasteiger partial charge < -0.3 is 14.8 Å². The molecule has 0 amide bonds. The summed E-state index contributed by atoms with van der Waals surface area (Å²) in [6, 6.07) is 0. The van der Waals surface area contributed by atoms with Crippen LogP contribution < -0.4 is 10.1 Å². The van der Waals surface area contributed by atoms with E-state index in [1.54, 1.807) is 0 Å². The first kappa shape index (κ1) is 17.1. The summed E-state index contributed by atoms with van der Waals surface area (Å²) in [6.45, 7) is 6.90. The molecule has 0 bridgehead atoms. The maximum atomic E-state index is 11.2. The SMILES string of the molecule is CCc1nc(NCCCOC(C)C)c([N+](=O)[O-])c(OC)n1. The van der Waals surface area contributed by atoms with Gasteiger partial charge in [0.25, 0.3) is 5.88 Å². The minimum absolute atomic E-state index is 0.0206. The molecule has 0 unspecified atom stereocenters. The van der Waals surface area contributed by atoms with Crippen LogP contribution in [0.5, 0.6) is 5.88 Å². The number of nitrogens with one attached hydrogen (secondary N) is 1. The van der Waals surface area contributed by atoms with E-state index in [-0.39, 0.29) is 23.5 Å². The summed E-state index contributed by atoms with van der Waals surface area (Å²) in [5, 5.41) is 14.1. The second-order valence-electron chi connectivity index (χ2n) is 4.66. The normalized spacial score (nSPS) is 10.7. The minimum Gasteiger partial charge on any atom is -0.476 e. The van der Waals surface area contributed by atoms with E-state index < -0.39 is 4.92 Å². The number of hydrogen-bond donors (Lipinski definition) is 1. The van der Waals surface area contributed by atoms with Gasteiger partial charge in [-0.3, -0.25) is 10.1 Å². The predicted octanol–water partition coefficient (Wildman–Crippen LogP) is 2.18. The predicted molar refractivity (Wildman–Crippen MR) is 78.8 cm³/mol. The first-order chi connectivity index (χ1) is 9.99. The van der Waals surface area contributed by atoms with Crippen molar-refractivity contribution in [2.75, 3.05) is 25.6 Å². The van der Waals surface area contributed by atoms with Crippen LogP contribution in [0.3, 0.4) is 0 Å². The van der Waals surface area contributed by atoms with Crippen LogP contribution in [-0.4, -0.2) is 41.3 Å². The number of anilines is 1. The van der Waals surface area contributed by atoms with Crippen LogP contribution in [0, 0.1) is 10.1 Å². The van der Waals surface area contributed by atoms with Crippen molar-refractivity contribution in [3.05, 3.63) is 15.9 Å². The van der Waals surface area contributed by atoms with Gasteiger partial charge in [-0.15, -0.1) is 0 Å². The quantitative estimate of drug-likeness (QED) is 0.423. The highest BCUT2D eigenvalue weighted by atomic mass is 16.6. The van der Waals surface area contributed by atoms with Gasteiger partial charge in [0.05, 0.1) is 18.1 Å². The maximum Gasteiger partial charge on any atom is 0.372 e. The van der Waals surface area contributed by atoms with E-state index in [1.807, 2.05) is 20.8 Å². The summed E-state index contributed by atoms with van der Waals surface area (Å²) in [6.07, 6.45) is 1.47. The van der Waals surface area contributed by atoms with Gasteiger partial charge in [0.1, 0.15) is 5.82 Å². The summed E-state index contributed by atoms with van der Waals surface area (Å²) in [5.41, 5.74) is -0.237. The molecular weight excluding hydrogens is 276 g/mol. The van der Waals surface area contributed by atoms with E-state index in [0.717, 1.165) is 6.42 Å². The standard InChI is InChI=1S/C13H22N4O4/c1-5-10-15-12(14-7-6-8-21-9(2)3)11(17(18)19)13(16-10)20-4/h9H,5-8H2,1-4H3,(H,14,15,16). The number of nitro groups is 1. The van der Waals surface area contributed by atoms with E-state index in [9.17, 15) is 10.1 Å². The van der Waals surface area contributed by atoms with Gasteiger partial charge in [-0.25, -0.2) is 4.98 Å². The van der Waals surface area contributed by atoms with Gasteiger partial charge in [0, 0.05) is 19.6 Å². The van der Waals surface area contributed by atoms with Crippen LogP contribution in [0.25, 0.3) is 0 Å². The van der Waals surface area contributed by atoms with E-state index >= 15 is 0 Å². The number of ether oxygens (including phenoxy) is 2. The number of methoxy groups -OCH3 is 1. The molecule has 0 spiro atoms. The Balaban J connectivity index is 2.81. The molecule has 0 aliphatic rings. The van der Waals surface area contributed by atoms with Crippen molar-refractivity contribution in [3.63, 3.8) is 0 Å². The highest BCUT2D eigenvalue weighted by molar-refractivity contribution is 5.61. The molecule has 0 saturated heterocycles. The van der Waals surface area contributed by atoms with Gasteiger partial charge in [0.15, 0.2) is 0 Å². The molecule has 118 valence electrons. The molecule has 1 rings (SSSR count). The Hall–Kier alpha value is -1.96. The lowest BCUT2D eigenvalue weighted by molar-refractivity contribution is -0.385. The summed E-state index contributed by atoms with van der Waals surface area (Å²) in [5.74, 6) is 0.666. The zero-order chi connectivity index (χ0) is 15.8. The Morgan fingerprint density at radius 2 is 2.10 bits per heavy atom. The lowest BCUT2D eigenvalue weighted by Gasteiger charge is -2.11. The topological polar surface area (TPSA) is 99.4 Å². The Morgan fingerprint density at radius 1 is 1.38 bits per heavy atom. The molecule has 0 aromatic carbocycles. The number of aryl methyl sites for hydroxylation is 1. The third-order valence-corrected chi connectivity index (χ3v) is 2.66. The van der Waals surface area contributed by atoms with E-state index in [0.29, 0.717) is 25.4 Å². The molecule has 0 saturated carbocycles. The smallest absolute Gasteiger partial charge is 0.372 e. The van der Waals surface area contributed by atoms with Crippen molar-refractivity contribution in [2.45, 2.75) is 39.7 Å². The molecule has 1 aromatic rings. The first-order valence-electron chi connectivity index (χ1n) is 6.94.